The van der Waals surface area contributed by atoms with E-state index in [0.717, 1.165) is 0 Å². The molecule has 0 bridgehead atoms. The SMILES string of the molecule is CC(C)(O)CNC(=O)CCCN1C(=O)c2ccccc2C1=O. The highest BCUT2D eigenvalue weighted by atomic mass is 16.3. The minimum absolute atomic E-state index is 0.166. The molecule has 0 fully saturated rings. The molecule has 0 aliphatic carbocycles. The number of benzene rings is 1. The van der Waals surface area contributed by atoms with Crippen LogP contribution in [0.2, 0.25) is 0 Å². The standard InChI is InChI=1S/C16H20N2O4/c1-16(2,22)10-17-13(19)8-5-9-18-14(20)11-6-3-4-7-12(11)15(18)21/h3-4,6-7,22H,5,8-10H2,1-2H3,(H,17,19). The molecule has 0 spiro atoms. The number of aliphatic hydroxyl groups is 1. The van der Waals surface area contributed by atoms with E-state index in [2.05, 4.69) is 5.32 Å². The molecule has 2 N–H and O–H groups in total. The highest BCUT2D eigenvalue weighted by Gasteiger charge is 2.34. The Morgan fingerprint density at radius 3 is 2.23 bits per heavy atom. The van der Waals surface area contributed by atoms with Gasteiger partial charge in [0.2, 0.25) is 5.91 Å². The molecule has 118 valence electrons. The molecular weight excluding hydrogens is 284 g/mol. The van der Waals surface area contributed by atoms with Gasteiger partial charge in [-0.2, -0.15) is 0 Å². The van der Waals surface area contributed by atoms with Crippen LogP contribution in [0.1, 0.15) is 47.4 Å². The van der Waals surface area contributed by atoms with Crippen LogP contribution in [0.15, 0.2) is 24.3 Å². The van der Waals surface area contributed by atoms with Gasteiger partial charge in [0.15, 0.2) is 0 Å². The van der Waals surface area contributed by atoms with Crippen LogP contribution in [0.3, 0.4) is 0 Å². The van der Waals surface area contributed by atoms with Crippen molar-refractivity contribution in [3.63, 3.8) is 0 Å². The van der Waals surface area contributed by atoms with Crippen molar-refractivity contribution in [1.82, 2.24) is 10.2 Å². The van der Waals surface area contributed by atoms with Gasteiger partial charge < -0.3 is 10.4 Å². The molecule has 0 saturated heterocycles. The van der Waals surface area contributed by atoms with Gasteiger partial charge in [-0.1, -0.05) is 12.1 Å². The largest absolute Gasteiger partial charge is 0.389 e. The summed E-state index contributed by atoms with van der Waals surface area (Å²) in [4.78, 5) is 37.0. The van der Waals surface area contributed by atoms with Gasteiger partial charge in [0.05, 0.1) is 16.7 Å². The topological polar surface area (TPSA) is 86.7 Å². The summed E-state index contributed by atoms with van der Waals surface area (Å²) < 4.78 is 0. The molecule has 6 nitrogen and oxygen atoms in total. The number of rotatable bonds is 6. The third-order valence-electron chi connectivity index (χ3n) is 3.38. The molecule has 0 aromatic heterocycles. The zero-order valence-electron chi connectivity index (χ0n) is 12.8. The van der Waals surface area contributed by atoms with Gasteiger partial charge in [-0.3, -0.25) is 19.3 Å². The van der Waals surface area contributed by atoms with Crippen LogP contribution >= 0.6 is 0 Å². The number of nitrogens with one attached hydrogen (secondary N) is 1. The summed E-state index contributed by atoms with van der Waals surface area (Å²) >= 11 is 0. The van der Waals surface area contributed by atoms with Crippen molar-refractivity contribution in [2.75, 3.05) is 13.1 Å². The molecule has 1 aromatic rings. The van der Waals surface area contributed by atoms with E-state index in [1.54, 1.807) is 38.1 Å². The number of imide groups is 1. The lowest BCUT2D eigenvalue weighted by Gasteiger charge is -2.18. The van der Waals surface area contributed by atoms with Gasteiger partial charge in [0.25, 0.3) is 11.8 Å². The van der Waals surface area contributed by atoms with Crippen molar-refractivity contribution in [2.24, 2.45) is 0 Å². The lowest BCUT2D eigenvalue weighted by atomic mass is 10.1. The molecular formula is C16H20N2O4. The summed E-state index contributed by atoms with van der Waals surface area (Å²) in [6.45, 7) is 3.58. The molecule has 3 amide bonds. The van der Waals surface area contributed by atoms with Crippen molar-refractivity contribution in [3.8, 4) is 0 Å². The second-order valence-corrected chi connectivity index (χ2v) is 6.00. The predicted octanol–water partition coefficient (Wildman–Crippen LogP) is 0.950. The number of carbonyl (C=O) groups is 3. The zero-order valence-corrected chi connectivity index (χ0v) is 12.8. The Morgan fingerprint density at radius 2 is 1.73 bits per heavy atom. The zero-order chi connectivity index (χ0) is 16.3. The first-order chi connectivity index (χ1) is 10.3. The highest BCUT2D eigenvalue weighted by molar-refractivity contribution is 6.21. The molecule has 0 atom stereocenters. The summed E-state index contributed by atoms with van der Waals surface area (Å²) in [5.41, 5.74) is -0.129. The summed E-state index contributed by atoms with van der Waals surface area (Å²) in [7, 11) is 0. The third-order valence-corrected chi connectivity index (χ3v) is 3.38. The Kier molecular flexibility index (Phi) is 4.61. The Morgan fingerprint density at radius 1 is 1.18 bits per heavy atom. The third kappa shape index (κ3) is 3.71. The van der Waals surface area contributed by atoms with Crippen molar-refractivity contribution in [3.05, 3.63) is 35.4 Å². The maximum Gasteiger partial charge on any atom is 0.261 e. The number of nitrogens with zero attached hydrogens (tertiary/aromatic N) is 1. The lowest BCUT2D eigenvalue weighted by molar-refractivity contribution is -0.122. The normalized spacial score (nSPS) is 14.2. The van der Waals surface area contributed by atoms with Crippen LogP contribution in [-0.2, 0) is 4.79 Å². The Balaban J connectivity index is 1.83. The molecule has 1 aliphatic rings. The molecule has 22 heavy (non-hydrogen) atoms. The first-order valence-corrected chi connectivity index (χ1v) is 7.24. The van der Waals surface area contributed by atoms with E-state index >= 15 is 0 Å². The summed E-state index contributed by atoms with van der Waals surface area (Å²) in [6.07, 6.45) is 0.590. The molecule has 1 aliphatic heterocycles. The molecule has 0 saturated carbocycles. The number of carbonyl (C=O) groups excluding carboxylic acids is 3. The van der Waals surface area contributed by atoms with Crippen LogP contribution in [-0.4, -0.2) is 46.4 Å². The van der Waals surface area contributed by atoms with E-state index in [1.165, 1.54) is 4.90 Å². The average molecular weight is 304 g/mol. The highest BCUT2D eigenvalue weighted by Crippen LogP contribution is 2.22. The quantitative estimate of drug-likeness (QED) is 0.766. The number of fused-ring (bicyclic) bond motifs is 1. The smallest absolute Gasteiger partial charge is 0.261 e. The maximum atomic E-state index is 12.1. The van der Waals surface area contributed by atoms with E-state index in [0.29, 0.717) is 17.5 Å². The Labute approximate surface area is 129 Å². The maximum absolute atomic E-state index is 12.1. The minimum Gasteiger partial charge on any atom is -0.389 e. The van der Waals surface area contributed by atoms with Crippen LogP contribution in [0.4, 0.5) is 0 Å². The molecule has 2 rings (SSSR count). The summed E-state index contributed by atoms with van der Waals surface area (Å²) in [5, 5.41) is 12.1. The van der Waals surface area contributed by atoms with Crippen molar-refractivity contribution < 1.29 is 19.5 Å². The minimum atomic E-state index is -0.960. The number of hydrogen-bond donors (Lipinski definition) is 2. The van der Waals surface area contributed by atoms with Gasteiger partial charge in [-0.15, -0.1) is 0 Å². The molecule has 0 unspecified atom stereocenters. The second kappa shape index (κ2) is 6.27. The Hall–Kier alpha value is -2.21. The number of hydrogen-bond acceptors (Lipinski definition) is 4. The molecule has 0 radical (unpaired) electrons. The van der Waals surface area contributed by atoms with Crippen LogP contribution in [0.5, 0.6) is 0 Å². The molecule has 1 heterocycles. The summed E-state index contributed by atoms with van der Waals surface area (Å²) in [5.74, 6) is -0.825. The van der Waals surface area contributed by atoms with E-state index in [9.17, 15) is 19.5 Å². The number of amides is 3. The first kappa shape index (κ1) is 16.2. The molecule has 6 heteroatoms. The van der Waals surface area contributed by atoms with Crippen LogP contribution < -0.4 is 5.32 Å². The van der Waals surface area contributed by atoms with E-state index in [4.69, 9.17) is 0 Å². The van der Waals surface area contributed by atoms with Crippen molar-refractivity contribution in [2.45, 2.75) is 32.3 Å². The fraction of sp³-hybridized carbons (Fsp3) is 0.438. The van der Waals surface area contributed by atoms with Crippen LogP contribution in [0.25, 0.3) is 0 Å². The van der Waals surface area contributed by atoms with Gasteiger partial charge in [0, 0.05) is 19.5 Å². The van der Waals surface area contributed by atoms with Gasteiger partial charge >= 0.3 is 0 Å². The van der Waals surface area contributed by atoms with Crippen molar-refractivity contribution >= 4 is 17.7 Å². The van der Waals surface area contributed by atoms with E-state index in [1.807, 2.05) is 0 Å². The fourth-order valence-corrected chi connectivity index (χ4v) is 2.24. The average Bonchev–Trinajstić information content (AvgIpc) is 2.70. The van der Waals surface area contributed by atoms with E-state index < -0.39 is 5.60 Å². The second-order valence-electron chi connectivity index (χ2n) is 6.00. The van der Waals surface area contributed by atoms with Gasteiger partial charge in [-0.25, -0.2) is 0 Å². The van der Waals surface area contributed by atoms with Crippen molar-refractivity contribution in [1.29, 1.82) is 0 Å². The summed E-state index contributed by atoms with van der Waals surface area (Å²) in [6, 6.07) is 6.70. The van der Waals surface area contributed by atoms with E-state index in [-0.39, 0.29) is 37.2 Å². The fourth-order valence-electron chi connectivity index (χ4n) is 2.24. The van der Waals surface area contributed by atoms with Gasteiger partial charge in [0.1, 0.15) is 0 Å². The predicted molar refractivity (Wildman–Crippen MR) is 80.4 cm³/mol. The van der Waals surface area contributed by atoms with Gasteiger partial charge in [-0.05, 0) is 32.4 Å². The van der Waals surface area contributed by atoms with Crippen LogP contribution in [0, 0.1) is 0 Å². The monoisotopic (exact) mass is 304 g/mol. The molecule has 1 aromatic carbocycles. The Bertz CT molecular complexity index is 569. The lowest BCUT2D eigenvalue weighted by Crippen LogP contribution is -2.38. The first-order valence-electron chi connectivity index (χ1n) is 7.24.